The van der Waals surface area contributed by atoms with Gasteiger partial charge in [0, 0.05) is 32.4 Å². The van der Waals surface area contributed by atoms with E-state index >= 15 is 0 Å². The maximum atomic E-state index is 11.8. The molecule has 146 valence electrons. The van der Waals surface area contributed by atoms with Crippen molar-refractivity contribution in [2.45, 2.75) is 34.1 Å². The molecule has 0 unspecified atom stereocenters. The van der Waals surface area contributed by atoms with Gasteiger partial charge >= 0.3 is 14.5 Å². The topological polar surface area (TPSA) is 126 Å². The van der Waals surface area contributed by atoms with Crippen molar-refractivity contribution in [1.82, 2.24) is 0 Å². The maximum absolute atomic E-state index is 11.8. The van der Waals surface area contributed by atoms with E-state index in [9.17, 15) is 20.2 Å². The Kier molecular flexibility index (Phi) is 8.58. The molecule has 1 aromatic carbocycles. The Labute approximate surface area is 153 Å². The number of nitro benzene ring substituents is 2. The van der Waals surface area contributed by atoms with Crippen LogP contribution in [-0.2, 0) is 13.3 Å². The molecule has 1 aromatic rings. The monoisotopic (exact) mass is 387 g/mol. The summed E-state index contributed by atoms with van der Waals surface area (Å²) >= 11 is 0. The zero-order valence-electron chi connectivity index (χ0n) is 15.4. The van der Waals surface area contributed by atoms with E-state index in [1.54, 1.807) is 20.8 Å². The number of rotatable bonds is 12. The summed E-state index contributed by atoms with van der Waals surface area (Å²) in [5.74, 6) is 0. The van der Waals surface area contributed by atoms with Gasteiger partial charge in [-0.3, -0.25) is 20.2 Å². The molecule has 0 aliphatic carbocycles. The lowest BCUT2D eigenvalue weighted by Crippen LogP contribution is -2.58. The molecular weight excluding hydrogens is 362 g/mol. The van der Waals surface area contributed by atoms with E-state index in [1.807, 2.05) is 6.92 Å². The van der Waals surface area contributed by atoms with Gasteiger partial charge in [0.1, 0.15) is 5.69 Å². The van der Waals surface area contributed by atoms with E-state index in [1.165, 1.54) is 12.1 Å². The van der Waals surface area contributed by atoms with Crippen LogP contribution in [0.5, 0.6) is 0 Å². The molecule has 0 aromatic heterocycles. The largest absolute Gasteiger partial charge is 0.551 e. The molecule has 0 aliphatic rings. The molecule has 0 spiro atoms. The predicted octanol–water partition coefficient (Wildman–Crippen LogP) is 2.58. The van der Waals surface area contributed by atoms with Gasteiger partial charge in [0.15, 0.2) is 5.19 Å². The summed E-state index contributed by atoms with van der Waals surface area (Å²) < 4.78 is 17.1. The SMILES string of the molecule is CCCNc1ccc([N+](=O)[O-])c([Si](OCC)(OCC)OCC)c1[N+](=O)[O-]. The minimum absolute atomic E-state index is 0.132. The first-order valence-corrected chi connectivity index (χ1v) is 10.2. The Morgan fingerprint density at radius 1 is 0.962 bits per heavy atom. The van der Waals surface area contributed by atoms with Crippen LogP contribution < -0.4 is 10.5 Å². The average Bonchev–Trinajstić information content (AvgIpc) is 2.59. The Morgan fingerprint density at radius 3 is 1.88 bits per heavy atom. The molecule has 0 radical (unpaired) electrons. The lowest BCUT2D eigenvalue weighted by atomic mass is 10.2. The molecule has 0 bridgehead atoms. The molecule has 0 amide bonds. The van der Waals surface area contributed by atoms with Crippen molar-refractivity contribution in [2.24, 2.45) is 0 Å². The summed E-state index contributed by atoms with van der Waals surface area (Å²) in [6.07, 6.45) is 0.731. The molecular formula is C15H25N3O7Si. The van der Waals surface area contributed by atoms with Crippen molar-refractivity contribution in [3.63, 3.8) is 0 Å². The second kappa shape index (κ2) is 10.2. The molecule has 0 aliphatic heterocycles. The van der Waals surface area contributed by atoms with Crippen LogP contribution in [0.15, 0.2) is 12.1 Å². The standard InChI is InChI=1S/C15H25N3O7Si/c1-5-11-16-12-9-10-13(17(19)20)15(14(12)18(21)22)26(23-6-2,24-7-3)25-8-4/h9-10,16H,5-8,11H2,1-4H3. The summed E-state index contributed by atoms with van der Waals surface area (Å²) in [6, 6.07) is 2.55. The Bertz CT molecular complexity index is 625. The maximum Gasteiger partial charge on any atom is 0.551 e. The molecule has 0 saturated carbocycles. The van der Waals surface area contributed by atoms with Crippen molar-refractivity contribution in [3.05, 3.63) is 32.4 Å². The van der Waals surface area contributed by atoms with Gasteiger partial charge in [-0.2, -0.15) is 0 Å². The molecule has 0 atom stereocenters. The summed E-state index contributed by atoms with van der Waals surface area (Å²) in [5.41, 5.74) is -0.705. The van der Waals surface area contributed by atoms with Crippen molar-refractivity contribution in [1.29, 1.82) is 0 Å². The Hall–Kier alpha value is -2.08. The second-order valence-electron chi connectivity index (χ2n) is 5.15. The first-order valence-electron chi connectivity index (χ1n) is 8.50. The number of benzene rings is 1. The molecule has 26 heavy (non-hydrogen) atoms. The fraction of sp³-hybridized carbons (Fsp3) is 0.600. The average molecular weight is 387 g/mol. The van der Waals surface area contributed by atoms with Crippen molar-refractivity contribution in [2.75, 3.05) is 31.7 Å². The zero-order chi connectivity index (χ0) is 19.7. The van der Waals surface area contributed by atoms with Gasteiger partial charge in [-0.25, -0.2) is 0 Å². The normalized spacial score (nSPS) is 11.4. The van der Waals surface area contributed by atoms with Crippen LogP contribution in [0.4, 0.5) is 17.1 Å². The number of hydrogen-bond acceptors (Lipinski definition) is 8. The van der Waals surface area contributed by atoms with Gasteiger partial charge in [0.2, 0.25) is 0 Å². The number of anilines is 1. The summed E-state index contributed by atoms with van der Waals surface area (Å²) in [5, 5.41) is 26.2. The van der Waals surface area contributed by atoms with Crippen LogP contribution in [0, 0.1) is 20.2 Å². The third-order valence-electron chi connectivity index (χ3n) is 3.41. The van der Waals surface area contributed by atoms with Gasteiger partial charge < -0.3 is 18.6 Å². The molecule has 1 N–H and O–H groups in total. The van der Waals surface area contributed by atoms with Gasteiger partial charge in [0.05, 0.1) is 9.85 Å². The first-order chi connectivity index (χ1) is 12.4. The number of nitrogens with one attached hydrogen (secondary N) is 1. The summed E-state index contributed by atoms with van der Waals surface area (Å²) in [4.78, 5) is 22.1. The zero-order valence-corrected chi connectivity index (χ0v) is 16.4. The van der Waals surface area contributed by atoms with E-state index in [0.29, 0.717) is 6.54 Å². The second-order valence-corrected chi connectivity index (χ2v) is 7.63. The Morgan fingerprint density at radius 2 is 1.50 bits per heavy atom. The van der Waals surface area contributed by atoms with Gasteiger partial charge in [-0.05, 0) is 33.3 Å². The van der Waals surface area contributed by atoms with Crippen LogP contribution in [0.3, 0.4) is 0 Å². The van der Waals surface area contributed by atoms with Crippen molar-refractivity contribution >= 4 is 31.1 Å². The molecule has 1 rings (SSSR count). The molecule has 11 heteroatoms. The Balaban J connectivity index is 3.84. The van der Waals surface area contributed by atoms with Crippen LogP contribution in [0.25, 0.3) is 0 Å². The van der Waals surface area contributed by atoms with E-state index < -0.39 is 30.0 Å². The highest BCUT2D eigenvalue weighted by Crippen LogP contribution is 2.31. The highest BCUT2D eigenvalue weighted by Gasteiger charge is 2.54. The van der Waals surface area contributed by atoms with Crippen molar-refractivity contribution in [3.8, 4) is 0 Å². The summed E-state index contributed by atoms with van der Waals surface area (Å²) in [7, 11) is -3.88. The van der Waals surface area contributed by atoms with E-state index in [4.69, 9.17) is 13.3 Å². The summed E-state index contributed by atoms with van der Waals surface area (Å²) in [6.45, 7) is 7.81. The molecule has 10 nitrogen and oxygen atoms in total. The van der Waals surface area contributed by atoms with Gasteiger partial charge in [-0.1, -0.05) is 6.92 Å². The van der Waals surface area contributed by atoms with Crippen LogP contribution in [0.1, 0.15) is 34.1 Å². The minimum atomic E-state index is -3.88. The third-order valence-corrected chi connectivity index (χ3v) is 6.52. The third kappa shape index (κ3) is 4.75. The molecule has 0 heterocycles. The fourth-order valence-electron chi connectivity index (χ4n) is 2.54. The quantitative estimate of drug-likeness (QED) is 0.329. The van der Waals surface area contributed by atoms with E-state index in [-0.39, 0.29) is 30.7 Å². The number of nitro groups is 2. The highest BCUT2D eigenvalue weighted by molar-refractivity contribution is 6.78. The smallest absolute Gasteiger partial charge is 0.379 e. The molecule has 0 fully saturated rings. The lowest BCUT2D eigenvalue weighted by molar-refractivity contribution is -0.391. The van der Waals surface area contributed by atoms with Crippen LogP contribution >= 0.6 is 0 Å². The van der Waals surface area contributed by atoms with Gasteiger partial charge in [-0.15, -0.1) is 0 Å². The van der Waals surface area contributed by atoms with Gasteiger partial charge in [0.25, 0.3) is 5.69 Å². The van der Waals surface area contributed by atoms with Crippen molar-refractivity contribution < 1.29 is 23.1 Å². The molecule has 0 saturated heterocycles. The van der Waals surface area contributed by atoms with E-state index in [2.05, 4.69) is 5.32 Å². The number of nitrogens with zero attached hydrogens (tertiary/aromatic N) is 2. The minimum Gasteiger partial charge on any atom is -0.379 e. The lowest BCUT2D eigenvalue weighted by Gasteiger charge is -2.28. The number of hydrogen-bond donors (Lipinski definition) is 1. The van der Waals surface area contributed by atoms with Crippen LogP contribution in [-0.4, -0.2) is 45.0 Å². The predicted molar refractivity (Wildman–Crippen MR) is 98.8 cm³/mol. The van der Waals surface area contributed by atoms with E-state index in [0.717, 1.165) is 6.42 Å². The highest BCUT2D eigenvalue weighted by atomic mass is 28.4. The first kappa shape index (κ1) is 22.0. The van der Waals surface area contributed by atoms with Crippen LogP contribution in [0.2, 0.25) is 0 Å². The fourth-order valence-corrected chi connectivity index (χ4v) is 5.37.